The van der Waals surface area contributed by atoms with E-state index in [1.54, 1.807) is 24.3 Å². The van der Waals surface area contributed by atoms with Crippen LogP contribution < -0.4 is 4.74 Å². The molecule has 0 amide bonds. The van der Waals surface area contributed by atoms with Crippen molar-refractivity contribution in [3.8, 4) is 11.8 Å². The zero-order chi connectivity index (χ0) is 15.4. The standard InChI is InChI=1S/C16H9ClFNO2/c1-10(16(20)12-4-2-3-5-13(12)17)21-15-7-6-11(9-19)8-14(15)18/h2-8H,1H2. The maximum absolute atomic E-state index is 13.7. The Morgan fingerprint density at radius 2 is 2.00 bits per heavy atom. The van der Waals surface area contributed by atoms with Gasteiger partial charge in [-0.1, -0.05) is 30.3 Å². The third-order valence-electron chi connectivity index (χ3n) is 2.67. The van der Waals surface area contributed by atoms with Gasteiger partial charge in [-0.05, 0) is 30.3 Å². The Bertz CT molecular complexity index is 765. The van der Waals surface area contributed by atoms with Gasteiger partial charge in [0.15, 0.2) is 17.3 Å². The number of hydrogen-bond donors (Lipinski definition) is 0. The van der Waals surface area contributed by atoms with E-state index < -0.39 is 11.6 Å². The summed E-state index contributed by atoms with van der Waals surface area (Å²) in [5.41, 5.74) is 0.376. The second-order valence-electron chi connectivity index (χ2n) is 4.09. The molecular weight excluding hydrogens is 293 g/mol. The fourth-order valence-electron chi connectivity index (χ4n) is 1.63. The molecule has 0 fully saturated rings. The predicted molar refractivity (Wildman–Crippen MR) is 76.7 cm³/mol. The summed E-state index contributed by atoms with van der Waals surface area (Å²) in [4.78, 5) is 12.1. The number of benzene rings is 2. The van der Waals surface area contributed by atoms with Gasteiger partial charge in [0.2, 0.25) is 5.78 Å². The smallest absolute Gasteiger partial charge is 0.229 e. The first-order valence-corrected chi connectivity index (χ1v) is 6.26. The Kier molecular flexibility index (Phi) is 4.36. The van der Waals surface area contributed by atoms with E-state index in [9.17, 15) is 9.18 Å². The average Bonchev–Trinajstić information content (AvgIpc) is 2.49. The Labute approximate surface area is 125 Å². The number of nitriles is 1. The molecule has 2 rings (SSSR count). The van der Waals surface area contributed by atoms with Crippen LogP contribution in [0.2, 0.25) is 5.02 Å². The monoisotopic (exact) mass is 301 g/mol. The molecule has 0 radical (unpaired) electrons. The largest absolute Gasteiger partial charge is 0.451 e. The van der Waals surface area contributed by atoms with Gasteiger partial charge in [0, 0.05) is 5.56 Å². The van der Waals surface area contributed by atoms with Crippen molar-refractivity contribution in [2.45, 2.75) is 0 Å². The van der Waals surface area contributed by atoms with Crippen LogP contribution in [0.5, 0.6) is 5.75 Å². The molecule has 0 saturated carbocycles. The Morgan fingerprint density at radius 1 is 1.29 bits per heavy atom. The molecule has 0 spiro atoms. The van der Waals surface area contributed by atoms with Gasteiger partial charge >= 0.3 is 0 Å². The molecule has 5 heteroatoms. The molecule has 0 unspecified atom stereocenters. The van der Waals surface area contributed by atoms with Crippen molar-refractivity contribution in [1.82, 2.24) is 0 Å². The third-order valence-corrected chi connectivity index (χ3v) is 3.00. The number of ketones is 1. The first-order chi connectivity index (χ1) is 10.0. The van der Waals surface area contributed by atoms with Gasteiger partial charge < -0.3 is 4.74 Å². The summed E-state index contributed by atoms with van der Waals surface area (Å²) in [6, 6.07) is 11.9. The molecule has 0 N–H and O–H groups in total. The molecule has 2 aromatic rings. The summed E-state index contributed by atoms with van der Waals surface area (Å²) < 4.78 is 18.8. The van der Waals surface area contributed by atoms with E-state index >= 15 is 0 Å². The van der Waals surface area contributed by atoms with E-state index in [4.69, 9.17) is 21.6 Å². The predicted octanol–water partition coefficient (Wildman–Crippen LogP) is 4.13. The maximum atomic E-state index is 13.7. The van der Waals surface area contributed by atoms with Crippen molar-refractivity contribution in [2.75, 3.05) is 0 Å². The molecule has 0 saturated heterocycles. The van der Waals surface area contributed by atoms with E-state index in [2.05, 4.69) is 6.58 Å². The minimum absolute atomic E-state index is 0.155. The zero-order valence-corrected chi connectivity index (χ0v) is 11.5. The van der Waals surface area contributed by atoms with Crippen LogP contribution in [0.25, 0.3) is 0 Å². The van der Waals surface area contributed by atoms with Crippen LogP contribution in [0.1, 0.15) is 15.9 Å². The summed E-state index contributed by atoms with van der Waals surface area (Å²) in [7, 11) is 0. The van der Waals surface area contributed by atoms with Crippen molar-refractivity contribution in [3.05, 3.63) is 76.8 Å². The number of rotatable bonds is 4. The summed E-state index contributed by atoms with van der Waals surface area (Å²) in [5.74, 6) is -1.72. The molecule has 0 aliphatic carbocycles. The number of allylic oxidation sites excluding steroid dienone is 1. The van der Waals surface area contributed by atoms with Crippen molar-refractivity contribution in [3.63, 3.8) is 0 Å². The quantitative estimate of drug-likeness (QED) is 0.485. The van der Waals surface area contributed by atoms with Gasteiger partial charge in [0.25, 0.3) is 0 Å². The molecule has 2 aromatic carbocycles. The highest BCUT2D eigenvalue weighted by atomic mass is 35.5. The maximum Gasteiger partial charge on any atom is 0.229 e. The first-order valence-electron chi connectivity index (χ1n) is 5.88. The lowest BCUT2D eigenvalue weighted by Gasteiger charge is -2.09. The van der Waals surface area contributed by atoms with Gasteiger partial charge in [-0.3, -0.25) is 4.79 Å². The van der Waals surface area contributed by atoms with Gasteiger partial charge in [0.05, 0.1) is 16.7 Å². The molecule has 0 aliphatic heterocycles. The Morgan fingerprint density at radius 3 is 2.62 bits per heavy atom. The van der Waals surface area contributed by atoms with E-state index in [0.29, 0.717) is 0 Å². The van der Waals surface area contributed by atoms with Crippen molar-refractivity contribution in [2.24, 2.45) is 0 Å². The Hall–Kier alpha value is -2.64. The fourth-order valence-corrected chi connectivity index (χ4v) is 1.85. The van der Waals surface area contributed by atoms with E-state index in [1.807, 2.05) is 0 Å². The van der Waals surface area contributed by atoms with Crippen LogP contribution in [0.3, 0.4) is 0 Å². The molecule has 0 atom stereocenters. The molecule has 0 heterocycles. The van der Waals surface area contributed by atoms with Crippen molar-refractivity contribution < 1.29 is 13.9 Å². The van der Waals surface area contributed by atoms with E-state index in [-0.39, 0.29) is 27.7 Å². The number of halogens is 2. The van der Waals surface area contributed by atoms with Crippen molar-refractivity contribution in [1.29, 1.82) is 5.26 Å². The van der Waals surface area contributed by atoms with Crippen LogP contribution in [-0.2, 0) is 0 Å². The normalized spacial score (nSPS) is 9.76. The summed E-state index contributed by atoms with van der Waals surface area (Å²) >= 11 is 5.91. The molecule has 104 valence electrons. The topological polar surface area (TPSA) is 50.1 Å². The average molecular weight is 302 g/mol. The van der Waals surface area contributed by atoms with Crippen LogP contribution in [0.15, 0.2) is 54.8 Å². The lowest BCUT2D eigenvalue weighted by molar-refractivity contribution is 0.0986. The van der Waals surface area contributed by atoms with Crippen LogP contribution >= 0.6 is 11.6 Å². The molecule has 0 bridgehead atoms. The SMILES string of the molecule is C=C(Oc1ccc(C#N)cc1F)C(=O)c1ccccc1Cl. The molecule has 3 nitrogen and oxygen atoms in total. The number of Topliss-reactive ketones (excluding diaryl/α,β-unsaturated/α-hetero) is 1. The van der Waals surface area contributed by atoms with Crippen LogP contribution in [-0.4, -0.2) is 5.78 Å². The molecular formula is C16H9ClFNO2. The van der Waals surface area contributed by atoms with E-state index in [1.165, 1.54) is 18.2 Å². The second-order valence-corrected chi connectivity index (χ2v) is 4.50. The number of nitrogens with zero attached hydrogens (tertiary/aromatic N) is 1. The number of carbonyl (C=O) groups is 1. The number of carbonyl (C=O) groups excluding carboxylic acids is 1. The first kappa shape index (κ1) is 14.8. The van der Waals surface area contributed by atoms with Crippen LogP contribution in [0, 0.1) is 17.1 Å². The minimum Gasteiger partial charge on any atom is -0.451 e. The summed E-state index contributed by atoms with van der Waals surface area (Å²) in [6.07, 6.45) is 0. The summed E-state index contributed by atoms with van der Waals surface area (Å²) in [6.45, 7) is 3.49. The molecule has 21 heavy (non-hydrogen) atoms. The highest BCUT2D eigenvalue weighted by Crippen LogP contribution is 2.23. The zero-order valence-electron chi connectivity index (χ0n) is 10.8. The minimum atomic E-state index is -0.748. The second kappa shape index (κ2) is 6.21. The number of ether oxygens (including phenoxy) is 1. The summed E-state index contributed by atoms with van der Waals surface area (Å²) in [5, 5.41) is 8.92. The molecule has 0 aliphatic rings. The van der Waals surface area contributed by atoms with Gasteiger partial charge in [-0.15, -0.1) is 0 Å². The molecule has 0 aromatic heterocycles. The van der Waals surface area contributed by atoms with Crippen molar-refractivity contribution >= 4 is 17.4 Å². The lowest BCUT2D eigenvalue weighted by atomic mass is 10.1. The third kappa shape index (κ3) is 3.28. The van der Waals surface area contributed by atoms with Gasteiger partial charge in [-0.2, -0.15) is 5.26 Å². The van der Waals surface area contributed by atoms with Gasteiger partial charge in [0.1, 0.15) is 0 Å². The Balaban J connectivity index is 2.21. The fraction of sp³-hybridized carbons (Fsp3) is 0. The lowest BCUT2D eigenvalue weighted by Crippen LogP contribution is -2.09. The number of hydrogen-bond acceptors (Lipinski definition) is 3. The van der Waals surface area contributed by atoms with Gasteiger partial charge in [-0.25, -0.2) is 4.39 Å². The van der Waals surface area contributed by atoms with Crippen LogP contribution in [0.4, 0.5) is 4.39 Å². The highest BCUT2D eigenvalue weighted by molar-refractivity contribution is 6.34. The highest BCUT2D eigenvalue weighted by Gasteiger charge is 2.17. The van der Waals surface area contributed by atoms with E-state index in [0.717, 1.165) is 6.07 Å².